The van der Waals surface area contributed by atoms with Gasteiger partial charge in [-0.15, -0.1) is 0 Å². The van der Waals surface area contributed by atoms with E-state index in [-0.39, 0.29) is 41.9 Å². The minimum absolute atomic E-state index is 0.0630. The van der Waals surface area contributed by atoms with Gasteiger partial charge in [0.2, 0.25) is 5.82 Å². The topological polar surface area (TPSA) is 27.7 Å². The lowest BCUT2D eigenvalue weighted by Crippen LogP contribution is -2.31. The molecule has 0 bridgehead atoms. The van der Waals surface area contributed by atoms with Crippen molar-refractivity contribution in [2.45, 2.75) is 64.6 Å². The minimum Gasteiger partial charge on any atom is -0.490 e. The zero-order chi connectivity index (χ0) is 27.1. The van der Waals surface area contributed by atoms with Crippen molar-refractivity contribution in [3.05, 3.63) is 77.4 Å². The van der Waals surface area contributed by atoms with Gasteiger partial charge in [-0.25, -0.2) is 13.2 Å². The van der Waals surface area contributed by atoms with Gasteiger partial charge in [-0.1, -0.05) is 75.9 Å². The fourth-order valence-corrected chi connectivity index (χ4v) is 4.63. The third-order valence-electron chi connectivity index (χ3n) is 6.85. The van der Waals surface area contributed by atoms with Crippen LogP contribution < -0.4 is 4.74 Å². The molecule has 0 N–H and O–H groups in total. The fourth-order valence-electron chi connectivity index (χ4n) is 4.63. The summed E-state index contributed by atoms with van der Waals surface area (Å²) in [5.74, 6) is -4.47. The highest BCUT2D eigenvalue weighted by atomic mass is 19.2. The molecule has 38 heavy (non-hydrogen) atoms. The SMILES string of the molecule is CCCCCCOc1ccc(-c2ccc(-c3ccc(C4COC(CCC)OC4)c(F)c3F)cc2)c(F)c1F. The van der Waals surface area contributed by atoms with E-state index in [4.69, 9.17) is 14.2 Å². The number of benzene rings is 3. The Hall–Kier alpha value is -2.90. The first kappa shape index (κ1) is 28.1. The summed E-state index contributed by atoms with van der Waals surface area (Å²) in [6, 6.07) is 12.2. The molecule has 1 aliphatic heterocycles. The van der Waals surface area contributed by atoms with Crippen molar-refractivity contribution in [3.8, 4) is 28.0 Å². The van der Waals surface area contributed by atoms with Crippen LogP contribution in [0.25, 0.3) is 22.3 Å². The van der Waals surface area contributed by atoms with E-state index < -0.39 is 29.2 Å². The number of ether oxygens (including phenoxy) is 3. The van der Waals surface area contributed by atoms with E-state index >= 15 is 8.78 Å². The Bertz CT molecular complexity index is 1200. The molecule has 0 amide bonds. The van der Waals surface area contributed by atoms with E-state index in [1.807, 2.05) is 6.92 Å². The van der Waals surface area contributed by atoms with E-state index in [1.54, 1.807) is 30.3 Å². The van der Waals surface area contributed by atoms with Crippen LogP contribution in [-0.4, -0.2) is 26.1 Å². The second-order valence-electron chi connectivity index (χ2n) is 9.64. The highest BCUT2D eigenvalue weighted by Gasteiger charge is 2.27. The minimum atomic E-state index is -1.04. The zero-order valence-corrected chi connectivity index (χ0v) is 21.9. The van der Waals surface area contributed by atoms with E-state index in [1.165, 1.54) is 18.2 Å². The van der Waals surface area contributed by atoms with Crippen molar-refractivity contribution in [2.75, 3.05) is 19.8 Å². The van der Waals surface area contributed by atoms with Crippen LogP contribution in [0.1, 0.15) is 63.9 Å². The van der Waals surface area contributed by atoms with E-state index in [0.29, 0.717) is 17.7 Å². The highest BCUT2D eigenvalue weighted by molar-refractivity contribution is 5.72. The van der Waals surface area contributed by atoms with Crippen LogP contribution in [0, 0.1) is 23.3 Å². The third kappa shape index (κ3) is 6.38. The van der Waals surface area contributed by atoms with Gasteiger partial charge < -0.3 is 14.2 Å². The van der Waals surface area contributed by atoms with Crippen LogP contribution in [0.5, 0.6) is 5.75 Å². The second-order valence-corrected chi connectivity index (χ2v) is 9.64. The molecular formula is C31H34F4O3. The van der Waals surface area contributed by atoms with Crippen molar-refractivity contribution in [1.82, 2.24) is 0 Å². The first-order valence-corrected chi connectivity index (χ1v) is 13.4. The van der Waals surface area contributed by atoms with Crippen molar-refractivity contribution in [3.63, 3.8) is 0 Å². The monoisotopic (exact) mass is 530 g/mol. The van der Waals surface area contributed by atoms with Gasteiger partial charge in [0.25, 0.3) is 0 Å². The summed E-state index contributed by atoms with van der Waals surface area (Å²) in [5, 5.41) is 0. The van der Waals surface area contributed by atoms with E-state index in [9.17, 15) is 8.78 Å². The number of halogens is 4. The van der Waals surface area contributed by atoms with Gasteiger partial charge in [0.05, 0.1) is 19.8 Å². The number of hydrogen-bond acceptors (Lipinski definition) is 3. The average Bonchev–Trinajstić information content (AvgIpc) is 2.93. The Kier molecular flexibility index (Phi) is 9.80. The molecule has 0 atom stereocenters. The van der Waals surface area contributed by atoms with Gasteiger partial charge in [-0.05, 0) is 41.7 Å². The lowest BCUT2D eigenvalue weighted by atomic mass is 9.94. The second kappa shape index (κ2) is 13.3. The normalized spacial score (nSPS) is 17.5. The Labute approximate surface area is 221 Å². The number of rotatable bonds is 11. The Balaban J connectivity index is 1.47. The molecular weight excluding hydrogens is 496 g/mol. The first-order valence-electron chi connectivity index (χ1n) is 13.4. The van der Waals surface area contributed by atoms with Crippen LogP contribution in [0.2, 0.25) is 0 Å². The third-order valence-corrected chi connectivity index (χ3v) is 6.85. The molecule has 0 spiro atoms. The summed E-state index contributed by atoms with van der Waals surface area (Å²) in [5.41, 5.74) is 1.19. The summed E-state index contributed by atoms with van der Waals surface area (Å²) in [4.78, 5) is 0. The smallest absolute Gasteiger partial charge is 0.201 e. The summed E-state index contributed by atoms with van der Waals surface area (Å²) >= 11 is 0. The van der Waals surface area contributed by atoms with Crippen molar-refractivity contribution in [1.29, 1.82) is 0 Å². The fraction of sp³-hybridized carbons (Fsp3) is 0.419. The Morgan fingerprint density at radius 3 is 1.89 bits per heavy atom. The largest absolute Gasteiger partial charge is 0.490 e. The van der Waals surface area contributed by atoms with Crippen molar-refractivity contribution >= 4 is 0 Å². The van der Waals surface area contributed by atoms with Crippen LogP contribution in [0.4, 0.5) is 17.6 Å². The van der Waals surface area contributed by atoms with Crippen molar-refractivity contribution in [2.24, 2.45) is 0 Å². The van der Waals surface area contributed by atoms with Gasteiger partial charge in [0.15, 0.2) is 29.5 Å². The molecule has 3 aromatic rings. The summed E-state index contributed by atoms with van der Waals surface area (Å²) < 4.78 is 76.2. The molecule has 0 unspecified atom stereocenters. The Morgan fingerprint density at radius 1 is 0.684 bits per heavy atom. The molecule has 4 rings (SSSR count). The first-order chi connectivity index (χ1) is 18.4. The molecule has 0 aliphatic carbocycles. The lowest BCUT2D eigenvalue weighted by Gasteiger charge is -2.29. The molecule has 1 aliphatic rings. The molecule has 1 saturated heterocycles. The van der Waals surface area contributed by atoms with Gasteiger partial charge in [-0.3, -0.25) is 0 Å². The standard InChI is InChI=1S/C31H34F4O3/c1-3-5-6-7-17-36-26-16-15-24(30(34)31(26)35)21-11-9-20(10-12-21)23-13-14-25(29(33)28(23)32)22-18-37-27(8-4-2)38-19-22/h9-16,22,27H,3-8,17-19H2,1-2H3. The predicted octanol–water partition coefficient (Wildman–Crippen LogP) is 8.79. The van der Waals surface area contributed by atoms with Crippen LogP contribution in [0.3, 0.4) is 0 Å². The number of hydrogen-bond donors (Lipinski definition) is 0. The van der Waals surface area contributed by atoms with Crippen molar-refractivity contribution < 1.29 is 31.8 Å². The molecule has 0 saturated carbocycles. The number of unbranched alkanes of at least 4 members (excludes halogenated alkanes) is 3. The quantitative estimate of drug-likeness (QED) is 0.183. The molecule has 1 fully saturated rings. The van der Waals surface area contributed by atoms with Gasteiger partial charge in [0, 0.05) is 17.0 Å². The van der Waals surface area contributed by atoms with Gasteiger partial charge in [-0.2, -0.15) is 4.39 Å². The maximum atomic E-state index is 15.1. The van der Waals surface area contributed by atoms with E-state index in [0.717, 1.165) is 38.5 Å². The highest BCUT2D eigenvalue weighted by Crippen LogP contribution is 2.34. The average molecular weight is 531 g/mol. The molecule has 7 heteroatoms. The van der Waals surface area contributed by atoms with Crippen LogP contribution >= 0.6 is 0 Å². The predicted molar refractivity (Wildman–Crippen MR) is 140 cm³/mol. The molecule has 1 heterocycles. The maximum Gasteiger partial charge on any atom is 0.201 e. The van der Waals surface area contributed by atoms with E-state index in [2.05, 4.69) is 6.92 Å². The molecule has 0 radical (unpaired) electrons. The summed E-state index contributed by atoms with van der Waals surface area (Å²) in [7, 11) is 0. The van der Waals surface area contributed by atoms with Crippen LogP contribution in [-0.2, 0) is 9.47 Å². The maximum absolute atomic E-state index is 15.1. The van der Waals surface area contributed by atoms with Gasteiger partial charge >= 0.3 is 0 Å². The lowest BCUT2D eigenvalue weighted by molar-refractivity contribution is -0.190. The molecule has 0 aromatic heterocycles. The summed E-state index contributed by atoms with van der Waals surface area (Å²) in [6.07, 6.45) is 5.25. The zero-order valence-electron chi connectivity index (χ0n) is 21.9. The van der Waals surface area contributed by atoms with Gasteiger partial charge in [0.1, 0.15) is 0 Å². The molecule has 204 valence electrons. The Morgan fingerprint density at radius 2 is 1.29 bits per heavy atom. The molecule has 3 nitrogen and oxygen atoms in total. The van der Waals surface area contributed by atoms with Crippen LogP contribution in [0.15, 0.2) is 48.5 Å². The summed E-state index contributed by atoms with van der Waals surface area (Å²) in [6.45, 7) is 4.97. The molecule has 3 aromatic carbocycles.